The van der Waals surface area contributed by atoms with E-state index in [9.17, 15) is 9.59 Å². The molecule has 1 saturated carbocycles. The van der Waals surface area contributed by atoms with Gasteiger partial charge in [0.25, 0.3) is 0 Å². The van der Waals surface area contributed by atoms with Crippen LogP contribution in [0.2, 0.25) is 5.02 Å². The number of hydrogen-bond donors (Lipinski definition) is 2. The van der Waals surface area contributed by atoms with Crippen molar-refractivity contribution in [1.29, 1.82) is 0 Å². The van der Waals surface area contributed by atoms with Crippen LogP contribution in [0, 0.1) is 0 Å². The van der Waals surface area contributed by atoms with Gasteiger partial charge in [-0.1, -0.05) is 29.8 Å². The van der Waals surface area contributed by atoms with E-state index in [0.29, 0.717) is 5.02 Å². The van der Waals surface area contributed by atoms with E-state index >= 15 is 0 Å². The van der Waals surface area contributed by atoms with Crippen molar-refractivity contribution in [3.63, 3.8) is 0 Å². The Balaban J connectivity index is 1.31. The van der Waals surface area contributed by atoms with Crippen LogP contribution >= 0.6 is 11.6 Å². The van der Waals surface area contributed by atoms with Crippen LogP contribution in [0.15, 0.2) is 48.5 Å². The van der Waals surface area contributed by atoms with Gasteiger partial charge in [0.2, 0.25) is 11.8 Å². The SMILES string of the molecule is CC(CC(=O)Nc1cccc(N2CCCC2)c1)NC(=O)C1(c2ccc(Cl)cc2)CC1. The monoisotopic (exact) mass is 425 g/mol. The Kier molecular flexibility index (Phi) is 6.00. The number of nitrogens with one attached hydrogen (secondary N) is 2. The summed E-state index contributed by atoms with van der Waals surface area (Å²) in [5, 5.41) is 6.66. The van der Waals surface area contributed by atoms with E-state index in [1.54, 1.807) is 0 Å². The topological polar surface area (TPSA) is 61.4 Å². The van der Waals surface area contributed by atoms with Crippen molar-refractivity contribution in [3.05, 3.63) is 59.1 Å². The second-order valence-corrected chi connectivity index (χ2v) is 8.90. The molecule has 1 atom stereocenters. The van der Waals surface area contributed by atoms with Gasteiger partial charge in [-0.15, -0.1) is 0 Å². The van der Waals surface area contributed by atoms with Crippen molar-refractivity contribution in [3.8, 4) is 0 Å². The Morgan fingerprint density at radius 3 is 2.47 bits per heavy atom. The number of benzene rings is 2. The number of rotatable bonds is 7. The molecule has 1 saturated heterocycles. The molecule has 0 aromatic heterocycles. The lowest BCUT2D eigenvalue weighted by Crippen LogP contribution is -2.41. The summed E-state index contributed by atoms with van der Waals surface area (Å²) in [5.41, 5.74) is 2.45. The van der Waals surface area contributed by atoms with Crippen LogP contribution < -0.4 is 15.5 Å². The van der Waals surface area contributed by atoms with Gasteiger partial charge in [0.15, 0.2) is 0 Å². The highest BCUT2D eigenvalue weighted by Gasteiger charge is 2.51. The molecule has 2 fully saturated rings. The maximum atomic E-state index is 12.9. The fourth-order valence-electron chi connectivity index (χ4n) is 4.20. The number of amides is 2. The lowest BCUT2D eigenvalue weighted by Gasteiger charge is -2.20. The predicted molar refractivity (Wildman–Crippen MR) is 121 cm³/mol. The Bertz CT molecular complexity index is 918. The van der Waals surface area contributed by atoms with Gasteiger partial charge in [-0.2, -0.15) is 0 Å². The summed E-state index contributed by atoms with van der Waals surface area (Å²) >= 11 is 5.97. The second-order valence-electron chi connectivity index (χ2n) is 8.46. The molecule has 1 aliphatic carbocycles. The Hall–Kier alpha value is -2.53. The molecule has 2 amide bonds. The average molecular weight is 426 g/mol. The third kappa shape index (κ3) is 4.62. The van der Waals surface area contributed by atoms with Crippen LogP contribution in [0.3, 0.4) is 0 Å². The molecule has 1 unspecified atom stereocenters. The van der Waals surface area contributed by atoms with Gasteiger partial charge >= 0.3 is 0 Å². The number of carbonyl (C=O) groups excluding carboxylic acids is 2. The fraction of sp³-hybridized carbons (Fsp3) is 0.417. The average Bonchev–Trinajstić information content (AvgIpc) is 3.34. The van der Waals surface area contributed by atoms with Gasteiger partial charge in [-0.05, 0) is 68.5 Å². The molecule has 2 aromatic rings. The molecule has 6 heteroatoms. The maximum Gasteiger partial charge on any atom is 0.230 e. The summed E-state index contributed by atoms with van der Waals surface area (Å²) in [7, 11) is 0. The minimum absolute atomic E-state index is 0.0128. The van der Waals surface area contributed by atoms with Crippen LogP contribution in [-0.4, -0.2) is 30.9 Å². The van der Waals surface area contributed by atoms with Crippen LogP contribution in [0.5, 0.6) is 0 Å². The molecule has 0 bridgehead atoms. The minimum Gasteiger partial charge on any atom is -0.371 e. The number of hydrogen-bond acceptors (Lipinski definition) is 3. The molecule has 2 aliphatic rings. The van der Waals surface area contributed by atoms with E-state index in [1.165, 1.54) is 12.8 Å². The molecule has 0 spiro atoms. The number of carbonyl (C=O) groups is 2. The summed E-state index contributed by atoms with van der Waals surface area (Å²) in [5.74, 6) is -0.112. The minimum atomic E-state index is -0.473. The van der Waals surface area contributed by atoms with Crippen LogP contribution in [0.4, 0.5) is 11.4 Å². The van der Waals surface area contributed by atoms with Gasteiger partial charge in [0.1, 0.15) is 0 Å². The van der Waals surface area contributed by atoms with Gasteiger partial charge in [0, 0.05) is 41.9 Å². The molecule has 1 heterocycles. The highest BCUT2D eigenvalue weighted by atomic mass is 35.5. The fourth-order valence-corrected chi connectivity index (χ4v) is 4.33. The van der Waals surface area contributed by atoms with Crippen molar-refractivity contribution in [2.75, 3.05) is 23.3 Å². The van der Waals surface area contributed by atoms with Crippen molar-refractivity contribution in [1.82, 2.24) is 5.32 Å². The molecular formula is C24H28ClN3O2. The molecule has 4 rings (SSSR count). The molecular weight excluding hydrogens is 398 g/mol. The Morgan fingerprint density at radius 1 is 1.10 bits per heavy atom. The third-order valence-electron chi connectivity index (χ3n) is 6.05. The molecule has 0 radical (unpaired) electrons. The first kappa shape index (κ1) is 20.7. The second kappa shape index (κ2) is 8.68. The standard InChI is InChI=1S/C24H28ClN3O2/c1-17(26-23(30)24(11-12-24)18-7-9-19(25)10-8-18)15-22(29)27-20-5-4-6-21(16-20)28-13-2-3-14-28/h4-10,16-17H,2-3,11-15H2,1H3,(H,26,30)(H,27,29). The molecule has 2 aromatic carbocycles. The summed E-state index contributed by atoms with van der Waals surface area (Å²) in [6, 6.07) is 15.2. The third-order valence-corrected chi connectivity index (χ3v) is 6.30. The number of anilines is 2. The van der Waals surface area contributed by atoms with E-state index in [1.807, 2.05) is 49.4 Å². The summed E-state index contributed by atoms with van der Waals surface area (Å²) in [6.45, 7) is 4.00. The number of halogens is 1. The van der Waals surface area contributed by atoms with E-state index in [-0.39, 0.29) is 24.3 Å². The van der Waals surface area contributed by atoms with Gasteiger partial charge in [-0.25, -0.2) is 0 Å². The first-order valence-electron chi connectivity index (χ1n) is 10.7. The lowest BCUT2D eigenvalue weighted by atomic mass is 9.94. The van der Waals surface area contributed by atoms with Crippen molar-refractivity contribution in [2.45, 2.75) is 50.5 Å². The normalized spacial score (nSPS) is 18.0. The summed E-state index contributed by atoms with van der Waals surface area (Å²) in [6.07, 6.45) is 4.30. The Morgan fingerprint density at radius 2 is 1.80 bits per heavy atom. The first-order chi connectivity index (χ1) is 14.5. The molecule has 158 valence electrons. The Labute approximate surface area is 182 Å². The quantitative estimate of drug-likeness (QED) is 0.686. The van der Waals surface area contributed by atoms with E-state index < -0.39 is 5.41 Å². The van der Waals surface area contributed by atoms with Crippen molar-refractivity contribution >= 4 is 34.8 Å². The lowest BCUT2D eigenvalue weighted by molar-refractivity contribution is -0.124. The van der Waals surface area contributed by atoms with Crippen LogP contribution in [0.1, 0.15) is 44.6 Å². The van der Waals surface area contributed by atoms with E-state index in [4.69, 9.17) is 11.6 Å². The zero-order valence-corrected chi connectivity index (χ0v) is 18.0. The molecule has 5 nitrogen and oxygen atoms in total. The zero-order valence-electron chi connectivity index (χ0n) is 17.3. The zero-order chi connectivity index (χ0) is 21.1. The van der Waals surface area contributed by atoms with Crippen molar-refractivity contribution in [2.24, 2.45) is 0 Å². The van der Waals surface area contributed by atoms with Gasteiger partial charge in [-0.3, -0.25) is 9.59 Å². The highest BCUT2D eigenvalue weighted by Crippen LogP contribution is 2.48. The van der Waals surface area contributed by atoms with Gasteiger partial charge < -0.3 is 15.5 Å². The smallest absolute Gasteiger partial charge is 0.230 e. The van der Waals surface area contributed by atoms with Crippen LogP contribution in [0.25, 0.3) is 0 Å². The summed E-state index contributed by atoms with van der Waals surface area (Å²) < 4.78 is 0. The van der Waals surface area contributed by atoms with Crippen LogP contribution in [-0.2, 0) is 15.0 Å². The van der Waals surface area contributed by atoms with Crippen molar-refractivity contribution < 1.29 is 9.59 Å². The van der Waals surface area contributed by atoms with E-state index in [0.717, 1.165) is 42.9 Å². The molecule has 2 N–H and O–H groups in total. The first-order valence-corrected chi connectivity index (χ1v) is 11.1. The van der Waals surface area contributed by atoms with E-state index in [2.05, 4.69) is 21.6 Å². The summed E-state index contributed by atoms with van der Waals surface area (Å²) in [4.78, 5) is 27.7. The molecule has 30 heavy (non-hydrogen) atoms. The highest BCUT2D eigenvalue weighted by molar-refractivity contribution is 6.30. The maximum absolute atomic E-state index is 12.9. The number of nitrogens with zero attached hydrogens (tertiary/aromatic N) is 1. The molecule has 1 aliphatic heterocycles. The van der Waals surface area contributed by atoms with Gasteiger partial charge in [0.05, 0.1) is 5.41 Å². The largest absolute Gasteiger partial charge is 0.371 e. The predicted octanol–water partition coefficient (Wildman–Crippen LogP) is 4.51.